The van der Waals surface area contributed by atoms with Gasteiger partial charge < -0.3 is 5.32 Å². The molecule has 0 fully saturated rings. The molecule has 136 valence electrons. The van der Waals surface area contributed by atoms with Crippen molar-refractivity contribution in [3.05, 3.63) is 107 Å². The van der Waals surface area contributed by atoms with Crippen LogP contribution in [0.4, 0.5) is 4.39 Å². The molecule has 3 aromatic carbocycles. The van der Waals surface area contributed by atoms with Crippen molar-refractivity contribution in [3.63, 3.8) is 0 Å². The van der Waals surface area contributed by atoms with E-state index in [-0.39, 0.29) is 24.3 Å². The zero-order valence-electron chi connectivity index (χ0n) is 14.9. The first-order valence-electron chi connectivity index (χ1n) is 8.83. The molecule has 0 saturated carbocycles. The van der Waals surface area contributed by atoms with Gasteiger partial charge in [-0.1, -0.05) is 72.8 Å². The molecule has 0 radical (unpaired) electrons. The Bertz CT molecular complexity index is 720. The number of halogens is 2. The predicted octanol–water partition coefficient (Wildman–Crippen LogP) is 6.12. The highest BCUT2D eigenvalue weighted by Gasteiger charge is 2.14. The molecule has 0 spiro atoms. The monoisotopic (exact) mass is 369 g/mol. The van der Waals surface area contributed by atoms with Crippen LogP contribution < -0.4 is 5.32 Å². The molecule has 0 aliphatic heterocycles. The maximum atomic E-state index is 13.1. The highest BCUT2D eigenvalue weighted by atomic mass is 35.5. The van der Waals surface area contributed by atoms with Gasteiger partial charge >= 0.3 is 0 Å². The van der Waals surface area contributed by atoms with Gasteiger partial charge in [0.15, 0.2) is 0 Å². The second-order valence-electron chi connectivity index (χ2n) is 6.39. The molecule has 0 heterocycles. The van der Waals surface area contributed by atoms with Crippen LogP contribution in [0.1, 0.15) is 42.0 Å². The first-order valence-corrected chi connectivity index (χ1v) is 8.83. The smallest absolute Gasteiger partial charge is 0.123 e. The van der Waals surface area contributed by atoms with Gasteiger partial charge in [0.2, 0.25) is 0 Å². The molecule has 0 aliphatic carbocycles. The van der Waals surface area contributed by atoms with E-state index in [0.29, 0.717) is 5.92 Å². The lowest BCUT2D eigenvalue weighted by molar-refractivity contribution is 0.538. The van der Waals surface area contributed by atoms with Crippen LogP contribution in [0.3, 0.4) is 0 Å². The third-order valence-electron chi connectivity index (χ3n) is 4.66. The zero-order chi connectivity index (χ0) is 17.5. The number of benzene rings is 3. The summed E-state index contributed by atoms with van der Waals surface area (Å²) in [6, 6.07) is 28.2. The maximum Gasteiger partial charge on any atom is 0.123 e. The minimum atomic E-state index is -0.191. The Morgan fingerprint density at radius 2 is 1.23 bits per heavy atom. The summed E-state index contributed by atoms with van der Waals surface area (Å²) >= 11 is 0. The van der Waals surface area contributed by atoms with Gasteiger partial charge in [0.25, 0.3) is 0 Å². The highest BCUT2D eigenvalue weighted by molar-refractivity contribution is 5.85. The summed E-state index contributed by atoms with van der Waals surface area (Å²) in [7, 11) is 0. The minimum absolute atomic E-state index is 0. The maximum absolute atomic E-state index is 13.1. The lowest BCUT2D eigenvalue weighted by atomic mass is 9.88. The van der Waals surface area contributed by atoms with Gasteiger partial charge in [-0.3, -0.25) is 0 Å². The van der Waals surface area contributed by atoms with Crippen molar-refractivity contribution < 1.29 is 4.39 Å². The van der Waals surface area contributed by atoms with Crippen molar-refractivity contribution in [2.24, 2.45) is 0 Å². The normalized spacial score (nSPS) is 11.8. The average Bonchev–Trinajstić information content (AvgIpc) is 2.67. The van der Waals surface area contributed by atoms with Crippen molar-refractivity contribution in [1.29, 1.82) is 0 Å². The second-order valence-corrected chi connectivity index (χ2v) is 6.39. The first kappa shape index (κ1) is 20.2. The molecule has 0 amide bonds. The standard InChI is InChI=1S/C23H24FN.ClH/c1-18(19-12-14-22(24)15-13-19)25-17-16-23(20-8-4-2-5-9-20)21-10-6-3-7-11-21;/h2-15,18,23,25H,16-17H2,1H3;1H. The Labute approximate surface area is 161 Å². The van der Waals surface area contributed by atoms with Crippen molar-refractivity contribution in [2.75, 3.05) is 6.54 Å². The fourth-order valence-electron chi connectivity index (χ4n) is 3.21. The van der Waals surface area contributed by atoms with Crippen LogP contribution >= 0.6 is 12.4 Å². The van der Waals surface area contributed by atoms with E-state index in [9.17, 15) is 4.39 Å². The minimum Gasteiger partial charge on any atom is -0.310 e. The fourth-order valence-corrected chi connectivity index (χ4v) is 3.21. The Kier molecular flexibility index (Phi) is 7.83. The Balaban J connectivity index is 0.00000243. The fraction of sp³-hybridized carbons (Fsp3) is 0.217. The summed E-state index contributed by atoms with van der Waals surface area (Å²) in [4.78, 5) is 0. The molecule has 0 bridgehead atoms. The third kappa shape index (κ3) is 5.42. The molecule has 0 aromatic heterocycles. The van der Waals surface area contributed by atoms with Crippen molar-refractivity contribution in [1.82, 2.24) is 5.32 Å². The van der Waals surface area contributed by atoms with E-state index in [2.05, 4.69) is 72.9 Å². The van der Waals surface area contributed by atoms with Gasteiger partial charge in [-0.15, -0.1) is 12.4 Å². The van der Waals surface area contributed by atoms with Gasteiger partial charge in [0.1, 0.15) is 5.82 Å². The molecule has 0 aliphatic rings. The van der Waals surface area contributed by atoms with Crippen LogP contribution in [0.25, 0.3) is 0 Å². The van der Waals surface area contributed by atoms with Crippen LogP contribution in [0.15, 0.2) is 84.9 Å². The summed E-state index contributed by atoms with van der Waals surface area (Å²) in [5.41, 5.74) is 3.78. The van der Waals surface area contributed by atoms with E-state index in [1.54, 1.807) is 0 Å². The van der Waals surface area contributed by atoms with Gasteiger partial charge in [-0.2, -0.15) is 0 Å². The van der Waals surface area contributed by atoms with Crippen LogP contribution in [0.2, 0.25) is 0 Å². The lowest BCUT2D eigenvalue weighted by Gasteiger charge is -2.20. The van der Waals surface area contributed by atoms with Crippen LogP contribution in [-0.2, 0) is 0 Å². The van der Waals surface area contributed by atoms with Gasteiger partial charge in [-0.05, 0) is 48.7 Å². The molecule has 3 rings (SSSR count). The molecule has 1 N–H and O–H groups in total. The molecule has 3 heteroatoms. The molecule has 1 nitrogen and oxygen atoms in total. The van der Waals surface area contributed by atoms with Crippen LogP contribution in [-0.4, -0.2) is 6.54 Å². The molecule has 1 unspecified atom stereocenters. The summed E-state index contributed by atoms with van der Waals surface area (Å²) in [5.74, 6) is 0.180. The molecule has 3 aromatic rings. The Morgan fingerprint density at radius 3 is 1.73 bits per heavy atom. The number of hydrogen-bond acceptors (Lipinski definition) is 1. The van der Waals surface area contributed by atoms with E-state index < -0.39 is 0 Å². The van der Waals surface area contributed by atoms with E-state index in [0.717, 1.165) is 18.5 Å². The zero-order valence-corrected chi connectivity index (χ0v) is 15.8. The molecule has 26 heavy (non-hydrogen) atoms. The third-order valence-corrected chi connectivity index (χ3v) is 4.66. The Morgan fingerprint density at radius 1 is 0.731 bits per heavy atom. The number of hydrogen-bond donors (Lipinski definition) is 1. The van der Waals surface area contributed by atoms with E-state index >= 15 is 0 Å². The summed E-state index contributed by atoms with van der Waals surface area (Å²) in [5, 5.41) is 3.57. The van der Waals surface area contributed by atoms with Gasteiger partial charge in [0.05, 0.1) is 0 Å². The quantitative estimate of drug-likeness (QED) is 0.529. The van der Waals surface area contributed by atoms with E-state index in [1.165, 1.54) is 23.3 Å². The van der Waals surface area contributed by atoms with Crippen molar-refractivity contribution >= 4 is 12.4 Å². The van der Waals surface area contributed by atoms with Crippen LogP contribution in [0, 0.1) is 5.82 Å². The topological polar surface area (TPSA) is 12.0 Å². The Hall–Kier alpha value is -2.16. The predicted molar refractivity (Wildman–Crippen MR) is 109 cm³/mol. The molecule has 0 saturated heterocycles. The second kappa shape index (κ2) is 10.1. The molecule has 1 atom stereocenters. The van der Waals surface area contributed by atoms with Crippen molar-refractivity contribution in [2.45, 2.75) is 25.3 Å². The molecular weight excluding hydrogens is 345 g/mol. The summed E-state index contributed by atoms with van der Waals surface area (Å²) in [6.07, 6.45) is 1.01. The SMILES string of the molecule is CC(NCCC(c1ccccc1)c1ccccc1)c1ccc(F)cc1.Cl. The first-order chi connectivity index (χ1) is 12.2. The van der Waals surface area contributed by atoms with E-state index in [4.69, 9.17) is 0 Å². The number of rotatable bonds is 7. The number of nitrogens with one attached hydrogen (secondary N) is 1. The van der Waals surface area contributed by atoms with Gasteiger partial charge in [0, 0.05) is 12.0 Å². The van der Waals surface area contributed by atoms with Crippen LogP contribution in [0.5, 0.6) is 0 Å². The largest absolute Gasteiger partial charge is 0.310 e. The highest BCUT2D eigenvalue weighted by Crippen LogP contribution is 2.27. The molecular formula is C23H25ClFN. The van der Waals surface area contributed by atoms with E-state index in [1.807, 2.05) is 12.1 Å². The summed E-state index contributed by atoms with van der Waals surface area (Å²) < 4.78 is 13.1. The van der Waals surface area contributed by atoms with Gasteiger partial charge in [-0.25, -0.2) is 4.39 Å². The summed E-state index contributed by atoms with van der Waals surface area (Å²) in [6.45, 7) is 3.01. The lowest BCUT2D eigenvalue weighted by Crippen LogP contribution is -2.21. The van der Waals surface area contributed by atoms with Crippen molar-refractivity contribution in [3.8, 4) is 0 Å². The average molecular weight is 370 g/mol.